The summed E-state index contributed by atoms with van der Waals surface area (Å²) in [7, 11) is 0. The molecule has 0 aliphatic carbocycles. The van der Waals surface area contributed by atoms with Gasteiger partial charge in [0, 0.05) is 23.3 Å². The number of aryl methyl sites for hydroxylation is 1. The number of hydrogen-bond donors (Lipinski definition) is 1. The van der Waals surface area contributed by atoms with Gasteiger partial charge in [0.1, 0.15) is 0 Å². The molecule has 0 fully saturated rings. The fraction of sp³-hybridized carbons (Fsp3) is 0.143. The zero-order chi connectivity index (χ0) is 14.7. The summed E-state index contributed by atoms with van der Waals surface area (Å²) in [5.41, 5.74) is 2.88. The summed E-state index contributed by atoms with van der Waals surface area (Å²) in [6.45, 7) is 2.47. The van der Waals surface area contributed by atoms with E-state index in [1.807, 2.05) is 31.2 Å². The highest BCUT2D eigenvalue weighted by Crippen LogP contribution is 2.26. The molecule has 0 spiro atoms. The van der Waals surface area contributed by atoms with Crippen molar-refractivity contribution in [3.63, 3.8) is 0 Å². The number of benzene rings is 2. The summed E-state index contributed by atoms with van der Waals surface area (Å²) in [5.74, 6) is 0. The minimum atomic E-state index is -0.405. The van der Waals surface area contributed by atoms with Crippen molar-refractivity contribution in [3.05, 3.63) is 67.1 Å². The molecular weight excluding hydrogens is 344 g/mol. The standard InChI is InChI=1S/C14H12BrClN2O2/c1-9-2-4-11(16)7-13(9)17-8-10-3-5-12(15)14(6-10)18(19)20/h2-7,17H,8H2,1H3. The zero-order valence-electron chi connectivity index (χ0n) is 10.7. The summed E-state index contributed by atoms with van der Waals surface area (Å²) >= 11 is 9.12. The third-order valence-electron chi connectivity index (χ3n) is 2.89. The molecule has 0 amide bonds. The Labute approximate surface area is 130 Å². The topological polar surface area (TPSA) is 55.2 Å². The second kappa shape index (κ2) is 6.24. The first-order valence-corrected chi connectivity index (χ1v) is 7.07. The zero-order valence-corrected chi connectivity index (χ0v) is 13.0. The number of anilines is 1. The molecule has 0 aliphatic heterocycles. The minimum absolute atomic E-state index is 0.0621. The highest BCUT2D eigenvalue weighted by molar-refractivity contribution is 9.10. The van der Waals surface area contributed by atoms with E-state index in [2.05, 4.69) is 21.2 Å². The van der Waals surface area contributed by atoms with Crippen LogP contribution in [0.15, 0.2) is 40.9 Å². The third kappa shape index (κ3) is 3.49. The monoisotopic (exact) mass is 354 g/mol. The number of hydrogen-bond acceptors (Lipinski definition) is 3. The molecule has 0 radical (unpaired) electrons. The maximum Gasteiger partial charge on any atom is 0.283 e. The quantitative estimate of drug-likeness (QED) is 0.625. The van der Waals surface area contributed by atoms with Gasteiger partial charge < -0.3 is 5.32 Å². The van der Waals surface area contributed by atoms with Gasteiger partial charge in [-0.05, 0) is 52.2 Å². The molecule has 0 aromatic heterocycles. The van der Waals surface area contributed by atoms with Gasteiger partial charge in [0.2, 0.25) is 0 Å². The molecule has 0 aliphatic rings. The van der Waals surface area contributed by atoms with E-state index in [4.69, 9.17) is 11.6 Å². The van der Waals surface area contributed by atoms with Crippen molar-refractivity contribution in [2.24, 2.45) is 0 Å². The van der Waals surface area contributed by atoms with Crippen molar-refractivity contribution in [1.82, 2.24) is 0 Å². The van der Waals surface area contributed by atoms with E-state index in [-0.39, 0.29) is 5.69 Å². The number of nitro groups is 1. The highest BCUT2D eigenvalue weighted by Gasteiger charge is 2.12. The molecule has 104 valence electrons. The first-order chi connectivity index (χ1) is 9.47. The van der Waals surface area contributed by atoms with E-state index < -0.39 is 4.92 Å². The Balaban J connectivity index is 2.17. The number of halogens is 2. The van der Waals surface area contributed by atoms with Crippen molar-refractivity contribution in [3.8, 4) is 0 Å². The van der Waals surface area contributed by atoms with Gasteiger partial charge in [0.25, 0.3) is 5.69 Å². The molecule has 2 aromatic rings. The lowest BCUT2D eigenvalue weighted by molar-refractivity contribution is -0.385. The lowest BCUT2D eigenvalue weighted by Gasteiger charge is -2.10. The van der Waals surface area contributed by atoms with Gasteiger partial charge in [0.05, 0.1) is 9.40 Å². The van der Waals surface area contributed by atoms with Crippen LogP contribution >= 0.6 is 27.5 Å². The van der Waals surface area contributed by atoms with Gasteiger partial charge in [0.15, 0.2) is 0 Å². The molecule has 0 atom stereocenters. The van der Waals surface area contributed by atoms with Crippen molar-refractivity contribution in [2.75, 3.05) is 5.32 Å². The number of nitrogens with zero attached hydrogens (tertiary/aromatic N) is 1. The minimum Gasteiger partial charge on any atom is -0.381 e. The van der Waals surface area contributed by atoms with Gasteiger partial charge in [-0.25, -0.2) is 0 Å². The molecular formula is C14H12BrClN2O2. The lowest BCUT2D eigenvalue weighted by Crippen LogP contribution is -2.02. The molecule has 0 bridgehead atoms. The first kappa shape index (κ1) is 14.8. The van der Waals surface area contributed by atoms with Crippen LogP contribution in [0.25, 0.3) is 0 Å². The largest absolute Gasteiger partial charge is 0.381 e. The van der Waals surface area contributed by atoms with Crippen LogP contribution in [-0.4, -0.2) is 4.92 Å². The maximum atomic E-state index is 10.9. The van der Waals surface area contributed by atoms with E-state index in [0.29, 0.717) is 16.0 Å². The Kier molecular flexibility index (Phi) is 4.62. The Hall–Kier alpha value is -1.59. The summed E-state index contributed by atoms with van der Waals surface area (Å²) in [6, 6.07) is 10.7. The number of rotatable bonds is 4. The fourth-order valence-corrected chi connectivity index (χ4v) is 2.35. The van der Waals surface area contributed by atoms with E-state index in [1.54, 1.807) is 12.1 Å². The Bertz CT molecular complexity index is 662. The van der Waals surface area contributed by atoms with Crippen molar-refractivity contribution >= 4 is 38.9 Å². The Morgan fingerprint density at radius 1 is 1.30 bits per heavy atom. The normalized spacial score (nSPS) is 10.3. The van der Waals surface area contributed by atoms with Crippen LogP contribution in [0.3, 0.4) is 0 Å². The van der Waals surface area contributed by atoms with E-state index >= 15 is 0 Å². The average molecular weight is 356 g/mol. The SMILES string of the molecule is Cc1ccc(Cl)cc1NCc1ccc(Br)c([N+](=O)[O-])c1. The van der Waals surface area contributed by atoms with Crippen LogP contribution in [0.5, 0.6) is 0 Å². The van der Waals surface area contributed by atoms with E-state index in [9.17, 15) is 10.1 Å². The van der Waals surface area contributed by atoms with Crippen LogP contribution in [-0.2, 0) is 6.54 Å². The molecule has 0 heterocycles. The number of nitro benzene ring substituents is 1. The van der Waals surface area contributed by atoms with E-state index in [0.717, 1.165) is 16.8 Å². The molecule has 4 nitrogen and oxygen atoms in total. The maximum absolute atomic E-state index is 10.9. The van der Waals surface area contributed by atoms with Crippen molar-refractivity contribution < 1.29 is 4.92 Å². The van der Waals surface area contributed by atoms with Crippen LogP contribution in [0, 0.1) is 17.0 Å². The second-order valence-electron chi connectivity index (χ2n) is 4.36. The Morgan fingerprint density at radius 2 is 2.05 bits per heavy atom. The van der Waals surface area contributed by atoms with Gasteiger partial charge in [-0.15, -0.1) is 0 Å². The fourth-order valence-electron chi connectivity index (χ4n) is 1.79. The summed E-state index contributed by atoms with van der Waals surface area (Å²) in [4.78, 5) is 10.5. The summed E-state index contributed by atoms with van der Waals surface area (Å²) in [6.07, 6.45) is 0. The van der Waals surface area contributed by atoms with Crippen LogP contribution in [0.2, 0.25) is 5.02 Å². The van der Waals surface area contributed by atoms with Crippen LogP contribution < -0.4 is 5.32 Å². The summed E-state index contributed by atoms with van der Waals surface area (Å²) < 4.78 is 0.477. The first-order valence-electron chi connectivity index (χ1n) is 5.90. The molecule has 0 unspecified atom stereocenters. The predicted octanol–water partition coefficient (Wildman–Crippen LogP) is 4.93. The molecule has 2 rings (SSSR count). The predicted molar refractivity (Wildman–Crippen MR) is 84.3 cm³/mol. The third-order valence-corrected chi connectivity index (χ3v) is 3.80. The van der Waals surface area contributed by atoms with Gasteiger partial charge in [-0.1, -0.05) is 23.7 Å². The molecule has 6 heteroatoms. The summed E-state index contributed by atoms with van der Waals surface area (Å²) in [5, 5.41) is 14.8. The molecule has 20 heavy (non-hydrogen) atoms. The van der Waals surface area contributed by atoms with Crippen molar-refractivity contribution in [1.29, 1.82) is 0 Å². The average Bonchev–Trinajstić information content (AvgIpc) is 2.41. The lowest BCUT2D eigenvalue weighted by atomic mass is 10.1. The molecule has 2 aromatic carbocycles. The second-order valence-corrected chi connectivity index (χ2v) is 5.65. The molecule has 0 saturated carbocycles. The van der Waals surface area contributed by atoms with Gasteiger partial charge in [-0.3, -0.25) is 10.1 Å². The van der Waals surface area contributed by atoms with Gasteiger partial charge >= 0.3 is 0 Å². The molecule has 0 saturated heterocycles. The highest BCUT2D eigenvalue weighted by atomic mass is 79.9. The number of nitrogens with one attached hydrogen (secondary N) is 1. The molecule has 1 N–H and O–H groups in total. The van der Waals surface area contributed by atoms with Crippen molar-refractivity contribution in [2.45, 2.75) is 13.5 Å². The van der Waals surface area contributed by atoms with Gasteiger partial charge in [-0.2, -0.15) is 0 Å². The van der Waals surface area contributed by atoms with E-state index in [1.165, 1.54) is 0 Å². The van der Waals surface area contributed by atoms with Crippen LogP contribution in [0.1, 0.15) is 11.1 Å². The smallest absolute Gasteiger partial charge is 0.283 e. The Morgan fingerprint density at radius 3 is 2.75 bits per heavy atom. The van der Waals surface area contributed by atoms with Crippen LogP contribution in [0.4, 0.5) is 11.4 Å².